The molecule has 0 amide bonds. The van der Waals surface area contributed by atoms with Crippen LogP contribution in [0.2, 0.25) is 0 Å². The lowest BCUT2D eigenvalue weighted by molar-refractivity contribution is 0.406. The first-order valence-electron chi connectivity index (χ1n) is 7.15. The van der Waals surface area contributed by atoms with Gasteiger partial charge in [0.05, 0.1) is 18.8 Å². The van der Waals surface area contributed by atoms with Gasteiger partial charge >= 0.3 is 0 Å². The van der Waals surface area contributed by atoms with Crippen molar-refractivity contribution in [1.29, 1.82) is 0 Å². The van der Waals surface area contributed by atoms with E-state index in [4.69, 9.17) is 4.74 Å². The largest absolute Gasteiger partial charge is 0.496 e. The van der Waals surface area contributed by atoms with Crippen LogP contribution in [0, 0.1) is 13.8 Å². The minimum absolute atomic E-state index is 0.0994. The topological polar surface area (TPSA) is 59.9 Å². The van der Waals surface area contributed by atoms with E-state index in [2.05, 4.69) is 27.2 Å². The van der Waals surface area contributed by atoms with Crippen LogP contribution in [0.25, 0.3) is 0 Å². The predicted octanol–water partition coefficient (Wildman–Crippen LogP) is 2.39. The molecule has 0 saturated heterocycles. The van der Waals surface area contributed by atoms with Crippen molar-refractivity contribution in [1.82, 2.24) is 20.3 Å². The number of ether oxygens (including phenoxy) is 1. The molecule has 0 saturated carbocycles. The van der Waals surface area contributed by atoms with Crippen molar-refractivity contribution in [2.45, 2.75) is 33.2 Å². The fourth-order valence-electron chi connectivity index (χ4n) is 2.49. The number of rotatable bonds is 6. The second-order valence-corrected chi connectivity index (χ2v) is 4.99. The first kappa shape index (κ1) is 15.4. The maximum atomic E-state index is 5.48. The molecule has 2 aromatic rings. The zero-order chi connectivity index (χ0) is 15.2. The van der Waals surface area contributed by atoms with E-state index in [0.717, 1.165) is 41.2 Å². The van der Waals surface area contributed by atoms with Gasteiger partial charge in [-0.2, -0.15) is 0 Å². The van der Waals surface area contributed by atoms with Crippen molar-refractivity contribution in [2.75, 3.05) is 13.7 Å². The molecule has 21 heavy (non-hydrogen) atoms. The smallest absolute Gasteiger partial charge is 0.128 e. The summed E-state index contributed by atoms with van der Waals surface area (Å²) < 4.78 is 5.48. The zero-order valence-corrected chi connectivity index (χ0v) is 13.1. The van der Waals surface area contributed by atoms with Gasteiger partial charge in [-0.05, 0) is 20.4 Å². The Balaban J connectivity index is 2.29. The highest BCUT2D eigenvalue weighted by Crippen LogP contribution is 2.26. The third-order valence-electron chi connectivity index (χ3n) is 3.54. The number of likely N-dealkylation sites (N-methyl/N-ethyl adjacent to an activating group) is 1. The summed E-state index contributed by atoms with van der Waals surface area (Å²) in [4.78, 5) is 13.1. The highest BCUT2D eigenvalue weighted by atomic mass is 16.5. The molecule has 0 aliphatic carbocycles. The lowest BCUT2D eigenvalue weighted by Gasteiger charge is -2.19. The second kappa shape index (κ2) is 7.13. The van der Waals surface area contributed by atoms with Crippen molar-refractivity contribution >= 4 is 0 Å². The number of methoxy groups -OCH3 is 1. The van der Waals surface area contributed by atoms with Gasteiger partial charge in [-0.15, -0.1) is 0 Å². The molecule has 0 fully saturated rings. The molecule has 2 rings (SSSR count). The Kier molecular flexibility index (Phi) is 5.22. The van der Waals surface area contributed by atoms with E-state index in [1.165, 1.54) is 0 Å². The summed E-state index contributed by atoms with van der Waals surface area (Å²) in [5, 5.41) is 3.44. The van der Waals surface area contributed by atoms with E-state index in [1.54, 1.807) is 25.7 Å². The monoisotopic (exact) mass is 286 g/mol. The maximum absolute atomic E-state index is 5.48. The van der Waals surface area contributed by atoms with Gasteiger partial charge in [0.15, 0.2) is 0 Å². The van der Waals surface area contributed by atoms with Gasteiger partial charge in [-0.3, -0.25) is 15.0 Å². The highest BCUT2D eigenvalue weighted by molar-refractivity contribution is 5.41. The molecule has 2 heterocycles. The molecule has 0 bridgehead atoms. The molecule has 0 aromatic carbocycles. The lowest BCUT2D eigenvalue weighted by Crippen LogP contribution is -2.24. The molecular weight excluding hydrogens is 264 g/mol. The molecule has 0 aliphatic rings. The molecule has 5 heteroatoms. The van der Waals surface area contributed by atoms with Gasteiger partial charge in [0.25, 0.3) is 0 Å². The molecule has 1 unspecified atom stereocenters. The Hall–Kier alpha value is -2.01. The highest BCUT2D eigenvalue weighted by Gasteiger charge is 2.17. The Morgan fingerprint density at radius 2 is 2.00 bits per heavy atom. The third-order valence-corrected chi connectivity index (χ3v) is 3.54. The van der Waals surface area contributed by atoms with Crippen LogP contribution in [0.1, 0.15) is 35.5 Å². The number of aryl methyl sites for hydroxylation is 1. The number of nitrogens with one attached hydrogen (secondary N) is 1. The van der Waals surface area contributed by atoms with Crippen LogP contribution in [0.5, 0.6) is 5.75 Å². The molecule has 0 radical (unpaired) electrons. The fourth-order valence-corrected chi connectivity index (χ4v) is 2.49. The number of hydrogen-bond donors (Lipinski definition) is 1. The number of pyridine rings is 1. The van der Waals surface area contributed by atoms with Crippen LogP contribution < -0.4 is 10.1 Å². The second-order valence-electron chi connectivity index (χ2n) is 4.99. The van der Waals surface area contributed by atoms with E-state index in [-0.39, 0.29) is 6.04 Å². The lowest BCUT2D eigenvalue weighted by atomic mass is 10.0. The average molecular weight is 286 g/mol. The van der Waals surface area contributed by atoms with Crippen LogP contribution in [0.3, 0.4) is 0 Å². The van der Waals surface area contributed by atoms with E-state index in [1.807, 2.05) is 20.0 Å². The summed E-state index contributed by atoms with van der Waals surface area (Å²) >= 11 is 0. The molecular formula is C16H22N4O. The minimum atomic E-state index is 0.0994. The van der Waals surface area contributed by atoms with Gasteiger partial charge in [0.1, 0.15) is 5.75 Å². The van der Waals surface area contributed by atoms with Gasteiger partial charge < -0.3 is 10.1 Å². The molecule has 1 atom stereocenters. The van der Waals surface area contributed by atoms with Gasteiger partial charge in [0, 0.05) is 48.0 Å². The van der Waals surface area contributed by atoms with Crippen LogP contribution in [-0.2, 0) is 6.42 Å². The van der Waals surface area contributed by atoms with Crippen molar-refractivity contribution < 1.29 is 4.74 Å². The van der Waals surface area contributed by atoms with Crippen molar-refractivity contribution in [2.24, 2.45) is 0 Å². The molecule has 5 nitrogen and oxygen atoms in total. The van der Waals surface area contributed by atoms with Gasteiger partial charge in [-0.1, -0.05) is 6.92 Å². The quantitative estimate of drug-likeness (QED) is 0.883. The first-order valence-corrected chi connectivity index (χ1v) is 7.15. The summed E-state index contributed by atoms with van der Waals surface area (Å²) in [6.45, 7) is 7.00. The number of hydrogen-bond acceptors (Lipinski definition) is 5. The van der Waals surface area contributed by atoms with Gasteiger partial charge in [-0.25, -0.2) is 0 Å². The van der Waals surface area contributed by atoms with Crippen LogP contribution >= 0.6 is 0 Å². The molecule has 0 aliphatic heterocycles. The Morgan fingerprint density at radius 3 is 2.62 bits per heavy atom. The third kappa shape index (κ3) is 3.55. The minimum Gasteiger partial charge on any atom is -0.496 e. The molecule has 2 aromatic heterocycles. The Labute approximate surface area is 125 Å². The summed E-state index contributed by atoms with van der Waals surface area (Å²) in [5.74, 6) is 0.911. The number of nitrogens with zero attached hydrogens (tertiary/aromatic N) is 3. The van der Waals surface area contributed by atoms with E-state index in [0.29, 0.717) is 0 Å². The standard InChI is InChI=1S/C16H22N4O/c1-5-18-14(15-10-17-6-7-19-15)8-13-12(3)16(21-4)11(2)9-20-13/h6-7,9-10,14,18H,5,8H2,1-4H3. The summed E-state index contributed by atoms with van der Waals surface area (Å²) in [5.41, 5.74) is 4.09. The van der Waals surface area contributed by atoms with Crippen LogP contribution in [0.4, 0.5) is 0 Å². The molecule has 0 spiro atoms. The number of aromatic nitrogens is 3. The Morgan fingerprint density at radius 1 is 1.19 bits per heavy atom. The Bertz CT molecular complexity index is 586. The van der Waals surface area contributed by atoms with Crippen molar-refractivity contribution in [3.63, 3.8) is 0 Å². The summed E-state index contributed by atoms with van der Waals surface area (Å²) in [6, 6.07) is 0.0994. The van der Waals surface area contributed by atoms with Crippen LogP contribution in [-0.4, -0.2) is 28.6 Å². The zero-order valence-electron chi connectivity index (χ0n) is 13.1. The predicted molar refractivity (Wildman–Crippen MR) is 82.4 cm³/mol. The fraction of sp³-hybridized carbons (Fsp3) is 0.438. The van der Waals surface area contributed by atoms with Crippen molar-refractivity contribution in [3.8, 4) is 5.75 Å². The van der Waals surface area contributed by atoms with E-state index >= 15 is 0 Å². The SMILES string of the molecule is CCNC(Cc1ncc(C)c(OC)c1C)c1cnccn1. The van der Waals surface area contributed by atoms with E-state index < -0.39 is 0 Å². The van der Waals surface area contributed by atoms with E-state index in [9.17, 15) is 0 Å². The first-order chi connectivity index (χ1) is 10.2. The van der Waals surface area contributed by atoms with Crippen molar-refractivity contribution in [3.05, 3.63) is 47.3 Å². The van der Waals surface area contributed by atoms with Gasteiger partial charge in [0.2, 0.25) is 0 Å². The van der Waals surface area contributed by atoms with Crippen LogP contribution in [0.15, 0.2) is 24.8 Å². The molecule has 1 N–H and O–H groups in total. The summed E-state index contributed by atoms with van der Waals surface area (Å²) in [6.07, 6.45) is 7.82. The summed E-state index contributed by atoms with van der Waals surface area (Å²) in [7, 11) is 1.70. The normalized spacial score (nSPS) is 12.2. The molecule has 112 valence electrons. The maximum Gasteiger partial charge on any atom is 0.128 e. The average Bonchev–Trinajstić information content (AvgIpc) is 2.51.